The Balaban J connectivity index is 1.80. The molecule has 0 spiro atoms. The number of anilines is 1. The van der Waals surface area contributed by atoms with Crippen molar-refractivity contribution >= 4 is 5.69 Å². The Bertz CT molecular complexity index is 542. The van der Waals surface area contributed by atoms with Gasteiger partial charge in [-0.25, -0.2) is 0 Å². The average Bonchev–Trinajstić information content (AvgIpc) is 2.87. The first-order chi connectivity index (χ1) is 9.22. The normalized spacial score (nSPS) is 19.7. The molecule has 0 amide bonds. The minimum Gasteiger partial charge on any atom is -0.399 e. The third-order valence-corrected chi connectivity index (χ3v) is 4.02. The molecule has 2 heteroatoms. The molecule has 0 bridgehead atoms. The van der Waals surface area contributed by atoms with E-state index in [0.717, 1.165) is 5.69 Å². The van der Waals surface area contributed by atoms with Crippen LogP contribution in [0.15, 0.2) is 48.5 Å². The van der Waals surface area contributed by atoms with E-state index in [1.165, 1.54) is 36.2 Å². The number of likely N-dealkylation sites (N-methyl/N-ethyl adjacent to an activating group) is 1. The van der Waals surface area contributed by atoms with Crippen LogP contribution < -0.4 is 5.73 Å². The van der Waals surface area contributed by atoms with Crippen LogP contribution in [0.2, 0.25) is 0 Å². The van der Waals surface area contributed by atoms with Crippen LogP contribution in [0.25, 0.3) is 11.1 Å². The van der Waals surface area contributed by atoms with E-state index in [2.05, 4.69) is 48.3 Å². The Hall–Kier alpha value is -1.80. The summed E-state index contributed by atoms with van der Waals surface area (Å²) in [7, 11) is 2.20. The van der Waals surface area contributed by atoms with Crippen molar-refractivity contribution in [3.63, 3.8) is 0 Å². The highest BCUT2D eigenvalue weighted by Gasteiger charge is 2.20. The van der Waals surface area contributed by atoms with E-state index in [0.29, 0.717) is 5.92 Å². The molecular formula is C17H20N2. The van der Waals surface area contributed by atoms with Gasteiger partial charge in [-0.15, -0.1) is 0 Å². The molecule has 0 aromatic heterocycles. The maximum Gasteiger partial charge on any atom is 0.0314 e. The zero-order valence-corrected chi connectivity index (χ0v) is 11.3. The molecule has 1 aliphatic rings. The highest BCUT2D eigenvalue weighted by atomic mass is 15.1. The van der Waals surface area contributed by atoms with Crippen LogP contribution in [0, 0.1) is 0 Å². The van der Waals surface area contributed by atoms with E-state index in [1.54, 1.807) is 0 Å². The molecule has 0 saturated carbocycles. The van der Waals surface area contributed by atoms with Gasteiger partial charge in [0.05, 0.1) is 0 Å². The second-order valence-electron chi connectivity index (χ2n) is 5.49. The number of nitrogens with two attached hydrogens (primary N) is 1. The zero-order chi connectivity index (χ0) is 13.2. The van der Waals surface area contributed by atoms with Crippen molar-refractivity contribution < 1.29 is 0 Å². The van der Waals surface area contributed by atoms with Crippen LogP contribution in [0.5, 0.6) is 0 Å². The summed E-state index contributed by atoms with van der Waals surface area (Å²) in [6.07, 6.45) is 1.28. The van der Waals surface area contributed by atoms with Gasteiger partial charge >= 0.3 is 0 Å². The number of nitrogens with zero attached hydrogens (tertiary/aromatic N) is 1. The fourth-order valence-corrected chi connectivity index (χ4v) is 2.83. The SMILES string of the molecule is CN1CCC(c2ccc(-c3ccc(N)cc3)cc2)C1. The molecule has 2 aromatic rings. The molecule has 1 atom stereocenters. The standard InChI is InChI=1S/C17H20N2/c1-19-11-10-16(12-19)15-4-2-13(3-5-15)14-6-8-17(18)9-7-14/h2-9,16H,10-12,18H2,1H3. The van der Waals surface area contributed by atoms with Crippen molar-refractivity contribution in [1.82, 2.24) is 4.90 Å². The van der Waals surface area contributed by atoms with E-state index >= 15 is 0 Å². The lowest BCUT2D eigenvalue weighted by Crippen LogP contribution is -2.13. The summed E-state index contributed by atoms with van der Waals surface area (Å²) in [5.41, 5.74) is 10.5. The number of likely N-dealkylation sites (tertiary alicyclic amines) is 1. The summed E-state index contributed by atoms with van der Waals surface area (Å²) in [6, 6.07) is 17.1. The molecule has 98 valence electrons. The average molecular weight is 252 g/mol. The van der Waals surface area contributed by atoms with Gasteiger partial charge in [0.15, 0.2) is 0 Å². The number of hydrogen-bond donors (Lipinski definition) is 1. The number of rotatable bonds is 2. The maximum absolute atomic E-state index is 5.72. The Labute approximate surface area is 114 Å². The van der Waals surface area contributed by atoms with E-state index in [-0.39, 0.29) is 0 Å². The van der Waals surface area contributed by atoms with Gasteiger partial charge in [0.2, 0.25) is 0 Å². The summed E-state index contributed by atoms with van der Waals surface area (Å²) in [4.78, 5) is 2.40. The smallest absolute Gasteiger partial charge is 0.0314 e. The van der Waals surface area contributed by atoms with Gasteiger partial charge < -0.3 is 10.6 Å². The Morgan fingerprint density at radius 3 is 2.05 bits per heavy atom. The van der Waals surface area contributed by atoms with Gasteiger partial charge in [0.1, 0.15) is 0 Å². The lowest BCUT2D eigenvalue weighted by atomic mass is 9.95. The molecule has 3 rings (SSSR count). The summed E-state index contributed by atoms with van der Waals surface area (Å²) < 4.78 is 0. The zero-order valence-electron chi connectivity index (χ0n) is 11.3. The fourth-order valence-electron chi connectivity index (χ4n) is 2.83. The molecule has 1 heterocycles. The van der Waals surface area contributed by atoms with E-state index in [4.69, 9.17) is 5.73 Å². The van der Waals surface area contributed by atoms with Crippen LogP contribution in [-0.2, 0) is 0 Å². The lowest BCUT2D eigenvalue weighted by Gasteiger charge is -2.11. The molecule has 2 N–H and O–H groups in total. The van der Waals surface area contributed by atoms with E-state index < -0.39 is 0 Å². The van der Waals surface area contributed by atoms with Crippen molar-refractivity contribution in [2.24, 2.45) is 0 Å². The molecule has 19 heavy (non-hydrogen) atoms. The van der Waals surface area contributed by atoms with Crippen LogP contribution in [0.4, 0.5) is 5.69 Å². The third kappa shape index (κ3) is 2.64. The van der Waals surface area contributed by atoms with Gasteiger partial charge in [-0.1, -0.05) is 36.4 Å². The van der Waals surface area contributed by atoms with Gasteiger partial charge in [-0.3, -0.25) is 0 Å². The second-order valence-corrected chi connectivity index (χ2v) is 5.49. The highest BCUT2D eigenvalue weighted by molar-refractivity contribution is 5.65. The first kappa shape index (κ1) is 12.2. The van der Waals surface area contributed by atoms with Crippen LogP contribution >= 0.6 is 0 Å². The van der Waals surface area contributed by atoms with Crippen LogP contribution in [0.1, 0.15) is 17.9 Å². The van der Waals surface area contributed by atoms with Gasteiger partial charge in [-0.05, 0) is 54.8 Å². The molecule has 1 unspecified atom stereocenters. The quantitative estimate of drug-likeness (QED) is 0.830. The van der Waals surface area contributed by atoms with Crippen molar-refractivity contribution in [3.8, 4) is 11.1 Å². The first-order valence-corrected chi connectivity index (χ1v) is 6.87. The number of hydrogen-bond acceptors (Lipinski definition) is 2. The van der Waals surface area contributed by atoms with Crippen LogP contribution in [-0.4, -0.2) is 25.0 Å². The Morgan fingerprint density at radius 1 is 0.947 bits per heavy atom. The van der Waals surface area contributed by atoms with Crippen molar-refractivity contribution in [1.29, 1.82) is 0 Å². The predicted octanol–water partition coefficient (Wildman–Crippen LogP) is 3.35. The van der Waals surface area contributed by atoms with Gasteiger partial charge in [0.25, 0.3) is 0 Å². The number of benzene rings is 2. The fraction of sp³-hybridized carbons (Fsp3) is 0.294. The highest BCUT2D eigenvalue weighted by Crippen LogP contribution is 2.28. The van der Waals surface area contributed by atoms with Gasteiger partial charge in [0, 0.05) is 12.2 Å². The molecule has 1 saturated heterocycles. The van der Waals surface area contributed by atoms with E-state index in [1.807, 2.05) is 12.1 Å². The Kier molecular flexibility index (Phi) is 3.26. The predicted molar refractivity (Wildman–Crippen MR) is 81.1 cm³/mol. The molecule has 2 aromatic carbocycles. The molecule has 1 fully saturated rings. The topological polar surface area (TPSA) is 29.3 Å². The maximum atomic E-state index is 5.72. The molecule has 0 aliphatic carbocycles. The summed E-state index contributed by atoms with van der Waals surface area (Å²) in [5.74, 6) is 0.700. The molecular weight excluding hydrogens is 232 g/mol. The minimum atomic E-state index is 0.700. The second kappa shape index (κ2) is 5.06. The Morgan fingerprint density at radius 2 is 1.53 bits per heavy atom. The summed E-state index contributed by atoms with van der Waals surface area (Å²) >= 11 is 0. The largest absolute Gasteiger partial charge is 0.399 e. The lowest BCUT2D eigenvalue weighted by molar-refractivity contribution is 0.411. The van der Waals surface area contributed by atoms with Crippen LogP contribution in [0.3, 0.4) is 0 Å². The molecule has 1 aliphatic heterocycles. The summed E-state index contributed by atoms with van der Waals surface area (Å²) in [5, 5.41) is 0. The van der Waals surface area contributed by atoms with Crippen molar-refractivity contribution in [3.05, 3.63) is 54.1 Å². The minimum absolute atomic E-state index is 0.700. The number of nitrogen functional groups attached to an aromatic ring is 1. The van der Waals surface area contributed by atoms with Crippen molar-refractivity contribution in [2.45, 2.75) is 12.3 Å². The van der Waals surface area contributed by atoms with Gasteiger partial charge in [-0.2, -0.15) is 0 Å². The molecule has 0 radical (unpaired) electrons. The molecule has 2 nitrogen and oxygen atoms in total. The van der Waals surface area contributed by atoms with Crippen molar-refractivity contribution in [2.75, 3.05) is 25.9 Å². The monoisotopic (exact) mass is 252 g/mol. The first-order valence-electron chi connectivity index (χ1n) is 6.87. The third-order valence-electron chi connectivity index (χ3n) is 4.02. The summed E-state index contributed by atoms with van der Waals surface area (Å²) in [6.45, 7) is 2.39. The van der Waals surface area contributed by atoms with E-state index in [9.17, 15) is 0 Å².